The fraction of sp³-hybridized carbons (Fsp3) is 0.167. The highest BCUT2D eigenvalue weighted by molar-refractivity contribution is 6.40. The maximum atomic E-state index is 9.40. The van der Waals surface area contributed by atoms with Crippen LogP contribution in [0.3, 0.4) is 0 Å². The maximum Gasteiger partial charge on any atom is 0.223 e. The number of halogens is 2. The van der Waals surface area contributed by atoms with Crippen molar-refractivity contribution in [2.45, 2.75) is 25.7 Å². The van der Waals surface area contributed by atoms with E-state index < -0.39 is 0 Å². The minimum absolute atomic E-state index is 0.226. The molecule has 0 amide bonds. The van der Waals surface area contributed by atoms with E-state index in [-0.39, 0.29) is 11.5 Å². The Labute approximate surface area is 303 Å². The summed E-state index contributed by atoms with van der Waals surface area (Å²) in [6, 6.07) is 23.6. The average molecular weight is 725 g/mol. The highest BCUT2D eigenvalue weighted by Gasteiger charge is 2.08. The number of nitrogens with two attached hydrogens (primary N) is 1. The van der Waals surface area contributed by atoms with Gasteiger partial charge in [-0.25, -0.2) is 29.9 Å². The zero-order chi connectivity index (χ0) is 35.6. The van der Waals surface area contributed by atoms with Crippen LogP contribution in [-0.2, 0) is 12.8 Å². The Kier molecular flexibility index (Phi) is 11.4. The van der Waals surface area contributed by atoms with Crippen LogP contribution in [0.5, 0.6) is 11.5 Å². The van der Waals surface area contributed by atoms with Crippen molar-refractivity contribution in [1.29, 1.82) is 0 Å². The van der Waals surface area contributed by atoms with Crippen molar-refractivity contribution in [2.24, 2.45) is 0 Å². The van der Waals surface area contributed by atoms with Crippen molar-refractivity contribution in [2.75, 3.05) is 29.5 Å². The van der Waals surface area contributed by atoms with E-state index in [9.17, 15) is 10.2 Å². The lowest BCUT2D eigenvalue weighted by atomic mass is 10.1. The van der Waals surface area contributed by atoms with Crippen LogP contribution >= 0.6 is 23.2 Å². The molecule has 0 saturated heterocycles. The topological polar surface area (TPSA) is 199 Å². The number of nitrogens with zero attached hydrogens (tertiary/aromatic N) is 6. The number of nitrogen functional groups attached to an aromatic ring is 1. The molecule has 0 atom stereocenters. The molecule has 0 fully saturated rings. The smallest absolute Gasteiger partial charge is 0.223 e. The van der Waals surface area contributed by atoms with Crippen molar-refractivity contribution < 1.29 is 10.2 Å². The maximum absolute atomic E-state index is 9.40. The first-order valence-corrected chi connectivity index (χ1v) is 16.9. The Morgan fingerprint density at radius 2 is 1.22 bits per heavy atom. The minimum atomic E-state index is 0.226. The number of aromatic nitrogens is 8. The van der Waals surface area contributed by atoms with Crippen LogP contribution in [0.15, 0.2) is 91.3 Å². The Morgan fingerprint density at radius 1 is 0.647 bits per heavy atom. The predicted octanol–water partition coefficient (Wildman–Crippen LogP) is 7.28. The van der Waals surface area contributed by atoms with Crippen molar-refractivity contribution in [3.8, 4) is 34.0 Å². The van der Waals surface area contributed by atoms with Crippen LogP contribution in [0.2, 0.25) is 10.3 Å². The van der Waals surface area contributed by atoms with Gasteiger partial charge in [0.2, 0.25) is 11.9 Å². The molecule has 0 saturated carbocycles. The summed E-state index contributed by atoms with van der Waals surface area (Å²) in [5, 5.41) is 25.9. The third-order valence-corrected chi connectivity index (χ3v) is 8.34. The van der Waals surface area contributed by atoms with Gasteiger partial charge in [0.1, 0.15) is 22.5 Å². The summed E-state index contributed by atoms with van der Waals surface area (Å²) in [7, 11) is 0. The number of hydrogen-bond donors (Lipinski definition) is 7. The number of fused-ring (bicyclic) bond motifs is 1. The van der Waals surface area contributed by atoms with Gasteiger partial charge in [-0.1, -0.05) is 35.3 Å². The molecule has 0 aliphatic rings. The number of aromatic amines is 2. The van der Waals surface area contributed by atoms with Crippen LogP contribution < -0.4 is 16.4 Å². The molecule has 0 aliphatic heterocycles. The highest BCUT2D eigenvalue weighted by atomic mass is 35.5. The van der Waals surface area contributed by atoms with Crippen LogP contribution in [0.4, 0.5) is 17.8 Å². The lowest BCUT2D eigenvalue weighted by Gasteiger charge is -2.07. The fourth-order valence-electron chi connectivity index (χ4n) is 5.21. The van der Waals surface area contributed by atoms with Crippen molar-refractivity contribution >= 4 is 52.1 Å². The normalized spacial score (nSPS) is 10.9. The van der Waals surface area contributed by atoms with Gasteiger partial charge in [0, 0.05) is 43.0 Å². The summed E-state index contributed by atoms with van der Waals surface area (Å²) in [4.78, 5) is 31.9. The lowest BCUT2D eigenvalue weighted by Crippen LogP contribution is -2.07. The summed E-state index contributed by atoms with van der Waals surface area (Å²) >= 11 is 11.6. The molecule has 51 heavy (non-hydrogen) atoms. The quantitative estimate of drug-likeness (QED) is 0.0625. The van der Waals surface area contributed by atoms with Gasteiger partial charge in [-0.2, -0.15) is 0 Å². The summed E-state index contributed by atoms with van der Waals surface area (Å²) in [6.07, 6.45) is 6.77. The summed E-state index contributed by atoms with van der Waals surface area (Å²) in [6.45, 7) is 1.43. The molecule has 4 aromatic heterocycles. The lowest BCUT2D eigenvalue weighted by molar-refractivity contribution is 0.475. The van der Waals surface area contributed by atoms with E-state index in [1.54, 1.807) is 36.7 Å². The molecule has 7 aromatic rings. The summed E-state index contributed by atoms with van der Waals surface area (Å²) in [5.74, 6) is 2.79. The van der Waals surface area contributed by atoms with Crippen LogP contribution in [-0.4, -0.2) is 63.2 Å². The van der Waals surface area contributed by atoms with Gasteiger partial charge in [0.15, 0.2) is 11.1 Å². The van der Waals surface area contributed by atoms with E-state index in [4.69, 9.17) is 28.9 Å². The van der Waals surface area contributed by atoms with Crippen LogP contribution in [0, 0.1) is 0 Å². The standard InChI is InChI=1S/C20H20N6O.C16H15Cl2N5O/c21-19-24-17-5-1-3-14(18(17)26-19)4-2-11-22-20-23-12-10-16(25-20)13-6-8-15(27)9-7-13;17-14-15(18)23-13(22-14)2-1-8-19-16-20-9-7-12(21-16)10-3-5-11(24)6-4-10/h1,3,5-10,12,27H,2,4,11H2,(H3,21,24,26)(H,22,23,25);3-7,9,24H,1-2,8H2,(H,22,23)(H,19,20,21). The minimum Gasteiger partial charge on any atom is -0.508 e. The van der Waals surface area contributed by atoms with Gasteiger partial charge in [0.25, 0.3) is 0 Å². The first-order valence-electron chi connectivity index (χ1n) is 16.2. The van der Waals surface area contributed by atoms with E-state index in [1.165, 1.54) is 5.56 Å². The first kappa shape index (κ1) is 34.9. The number of aromatic hydroxyl groups is 2. The second-order valence-electron chi connectivity index (χ2n) is 11.4. The van der Waals surface area contributed by atoms with E-state index in [0.29, 0.717) is 34.7 Å². The van der Waals surface area contributed by atoms with Gasteiger partial charge in [-0.05, 0) is 91.6 Å². The van der Waals surface area contributed by atoms with Crippen LogP contribution in [0.1, 0.15) is 24.2 Å². The SMILES string of the molecule is Nc1nc2c(CCCNc3nccc(-c4ccc(O)cc4)n3)cccc2[nH]1.Oc1ccc(-c2ccnc(NCCCc3nc(Cl)c(Cl)[nH]3)n2)cc1. The predicted molar refractivity (Wildman–Crippen MR) is 201 cm³/mol. The Morgan fingerprint density at radius 3 is 1.76 bits per heavy atom. The number of anilines is 3. The zero-order valence-electron chi connectivity index (χ0n) is 27.3. The molecular formula is C36H35Cl2N11O2. The third-order valence-electron chi connectivity index (χ3n) is 7.70. The molecule has 13 nitrogen and oxygen atoms in total. The Hall–Kier alpha value is -5.92. The Balaban J connectivity index is 0.000000177. The van der Waals surface area contributed by atoms with Gasteiger partial charge < -0.3 is 36.5 Å². The second-order valence-corrected chi connectivity index (χ2v) is 12.1. The third kappa shape index (κ3) is 9.62. The number of nitrogens with one attached hydrogen (secondary N) is 4. The van der Waals surface area contributed by atoms with Gasteiger partial charge in [-0.15, -0.1) is 0 Å². The second kappa shape index (κ2) is 16.7. The van der Waals surface area contributed by atoms with Gasteiger partial charge >= 0.3 is 0 Å². The van der Waals surface area contributed by atoms with E-state index in [0.717, 1.165) is 71.6 Å². The molecule has 0 radical (unpaired) electrons. The van der Waals surface area contributed by atoms with Crippen LogP contribution in [0.25, 0.3) is 33.5 Å². The monoisotopic (exact) mass is 723 g/mol. The fourth-order valence-corrected chi connectivity index (χ4v) is 5.51. The highest BCUT2D eigenvalue weighted by Crippen LogP contribution is 2.23. The molecule has 15 heteroatoms. The van der Waals surface area contributed by atoms with Crippen molar-refractivity contribution in [3.63, 3.8) is 0 Å². The molecule has 0 bridgehead atoms. The average Bonchev–Trinajstić information content (AvgIpc) is 3.69. The number of benzene rings is 3. The zero-order valence-corrected chi connectivity index (χ0v) is 28.8. The van der Waals surface area contributed by atoms with Crippen molar-refractivity contribution in [3.05, 3.63) is 113 Å². The molecule has 0 aliphatic carbocycles. The number of aryl methyl sites for hydroxylation is 2. The number of rotatable bonds is 12. The van der Waals surface area contributed by atoms with E-state index in [1.807, 2.05) is 48.5 Å². The largest absolute Gasteiger partial charge is 0.508 e. The van der Waals surface area contributed by atoms with E-state index in [2.05, 4.69) is 56.6 Å². The first-order chi connectivity index (χ1) is 24.8. The number of H-pyrrole nitrogens is 2. The van der Waals surface area contributed by atoms with Gasteiger partial charge in [-0.3, -0.25) is 0 Å². The summed E-state index contributed by atoms with van der Waals surface area (Å²) < 4.78 is 0. The summed E-state index contributed by atoms with van der Waals surface area (Å²) in [5.41, 5.74) is 12.3. The molecule has 0 spiro atoms. The molecule has 7 rings (SSSR count). The number of imidazole rings is 2. The van der Waals surface area contributed by atoms with Gasteiger partial charge in [0.05, 0.1) is 22.4 Å². The molecule has 4 heterocycles. The van der Waals surface area contributed by atoms with E-state index >= 15 is 0 Å². The Bertz CT molecular complexity index is 2170. The molecule has 0 unspecified atom stereocenters. The number of para-hydroxylation sites is 1. The molecule has 3 aromatic carbocycles. The number of phenols is 2. The number of phenolic OH excluding ortho intramolecular Hbond substituents is 2. The molecular weight excluding hydrogens is 689 g/mol. The molecule has 260 valence electrons. The molecule has 8 N–H and O–H groups in total. The van der Waals surface area contributed by atoms with Crippen molar-refractivity contribution in [1.82, 2.24) is 39.9 Å². The number of hydrogen-bond acceptors (Lipinski definition) is 11.